The normalized spacial score (nSPS) is 11.9. The van der Waals surface area contributed by atoms with Gasteiger partial charge in [-0.15, -0.1) is 11.6 Å². The van der Waals surface area contributed by atoms with Crippen molar-refractivity contribution < 1.29 is 14.6 Å². The lowest BCUT2D eigenvalue weighted by Crippen LogP contribution is -2.20. The third kappa shape index (κ3) is 3.02. The Kier molecular flexibility index (Phi) is 3.80. The summed E-state index contributed by atoms with van der Waals surface area (Å²) in [6, 6.07) is 4.58. The average Bonchev–Trinajstić information content (AvgIpc) is 2.18. The van der Waals surface area contributed by atoms with Gasteiger partial charge >= 0.3 is 0 Å². The summed E-state index contributed by atoms with van der Waals surface area (Å²) in [5, 5.41) is 11.4. The quantitative estimate of drug-likeness (QED) is 0.779. The lowest BCUT2D eigenvalue weighted by molar-refractivity contribution is -0.115. The number of methoxy groups -OCH3 is 1. The third-order valence-corrected chi connectivity index (χ3v) is 2.01. The highest BCUT2D eigenvalue weighted by Crippen LogP contribution is 2.28. The van der Waals surface area contributed by atoms with Crippen molar-refractivity contribution in [2.45, 2.75) is 12.3 Å². The van der Waals surface area contributed by atoms with E-state index in [-0.39, 0.29) is 11.7 Å². The van der Waals surface area contributed by atoms with Crippen molar-refractivity contribution in [3.05, 3.63) is 18.2 Å². The second kappa shape index (κ2) is 4.89. The van der Waals surface area contributed by atoms with E-state index < -0.39 is 5.38 Å². The molecular weight excluding hydrogens is 218 g/mol. The molecule has 0 spiro atoms. The number of alkyl halides is 1. The number of carbonyl (C=O) groups excluding carboxylic acids is 1. The molecule has 0 radical (unpaired) electrons. The van der Waals surface area contributed by atoms with E-state index in [0.29, 0.717) is 11.4 Å². The van der Waals surface area contributed by atoms with Crippen LogP contribution >= 0.6 is 11.6 Å². The molecule has 5 heteroatoms. The molecule has 0 saturated carbocycles. The van der Waals surface area contributed by atoms with Crippen LogP contribution in [0.5, 0.6) is 11.5 Å². The molecule has 1 aromatic carbocycles. The van der Waals surface area contributed by atoms with Crippen LogP contribution in [-0.4, -0.2) is 23.5 Å². The van der Waals surface area contributed by atoms with Crippen LogP contribution in [-0.2, 0) is 4.79 Å². The molecule has 0 fully saturated rings. The molecule has 0 aliphatic carbocycles. The van der Waals surface area contributed by atoms with E-state index in [0.717, 1.165) is 0 Å². The first kappa shape index (κ1) is 11.7. The van der Waals surface area contributed by atoms with Gasteiger partial charge in [-0.05, 0) is 19.1 Å². The largest absolute Gasteiger partial charge is 0.504 e. The van der Waals surface area contributed by atoms with Crippen LogP contribution in [0.1, 0.15) is 6.92 Å². The van der Waals surface area contributed by atoms with Gasteiger partial charge in [0.1, 0.15) is 5.38 Å². The van der Waals surface area contributed by atoms with Crippen molar-refractivity contribution in [1.82, 2.24) is 0 Å². The monoisotopic (exact) mass is 229 g/mol. The van der Waals surface area contributed by atoms with Crippen molar-refractivity contribution in [2.24, 2.45) is 0 Å². The second-order valence-electron chi connectivity index (χ2n) is 2.99. The number of phenols is 1. The first-order chi connectivity index (χ1) is 7.04. The highest BCUT2D eigenvalue weighted by molar-refractivity contribution is 6.32. The lowest BCUT2D eigenvalue weighted by Gasteiger charge is -2.08. The van der Waals surface area contributed by atoms with Crippen LogP contribution in [0, 0.1) is 0 Å². The number of hydrogen-bond donors (Lipinski definition) is 2. The molecule has 0 saturated heterocycles. The Morgan fingerprint density at radius 3 is 2.73 bits per heavy atom. The molecule has 0 aliphatic rings. The number of anilines is 1. The predicted octanol–water partition coefficient (Wildman–Crippen LogP) is 1.97. The summed E-state index contributed by atoms with van der Waals surface area (Å²) in [4.78, 5) is 11.2. The number of hydrogen-bond acceptors (Lipinski definition) is 3. The Morgan fingerprint density at radius 1 is 1.60 bits per heavy atom. The van der Waals surface area contributed by atoms with Gasteiger partial charge in [-0.2, -0.15) is 0 Å². The van der Waals surface area contributed by atoms with Gasteiger partial charge in [-0.3, -0.25) is 4.79 Å². The molecule has 1 unspecified atom stereocenters. The maximum atomic E-state index is 11.2. The molecule has 82 valence electrons. The smallest absolute Gasteiger partial charge is 0.242 e. The summed E-state index contributed by atoms with van der Waals surface area (Å²) in [6.45, 7) is 1.57. The molecule has 0 aromatic heterocycles. The van der Waals surface area contributed by atoms with Gasteiger partial charge in [0.05, 0.1) is 7.11 Å². The number of nitrogens with one attached hydrogen (secondary N) is 1. The first-order valence-corrected chi connectivity index (χ1v) is 4.80. The number of rotatable bonds is 3. The molecule has 0 bridgehead atoms. The Morgan fingerprint density at radius 2 is 2.27 bits per heavy atom. The van der Waals surface area contributed by atoms with Crippen molar-refractivity contribution in [1.29, 1.82) is 0 Å². The van der Waals surface area contributed by atoms with Crippen molar-refractivity contribution >= 4 is 23.2 Å². The maximum absolute atomic E-state index is 11.2. The fourth-order valence-electron chi connectivity index (χ4n) is 1.01. The zero-order valence-corrected chi connectivity index (χ0v) is 9.21. The van der Waals surface area contributed by atoms with Gasteiger partial charge in [0.15, 0.2) is 11.5 Å². The topological polar surface area (TPSA) is 58.6 Å². The van der Waals surface area contributed by atoms with Crippen molar-refractivity contribution in [2.75, 3.05) is 12.4 Å². The maximum Gasteiger partial charge on any atom is 0.242 e. The van der Waals surface area contributed by atoms with Crippen LogP contribution in [0.15, 0.2) is 18.2 Å². The number of halogens is 1. The highest BCUT2D eigenvalue weighted by atomic mass is 35.5. The Labute approximate surface area is 92.8 Å². The third-order valence-electron chi connectivity index (χ3n) is 1.81. The minimum Gasteiger partial charge on any atom is -0.504 e. The summed E-state index contributed by atoms with van der Waals surface area (Å²) in [7, 11) is 1.45. The molecule has 15 heavy (non-hydrogen) atoms. The first-order valence-electron chi connectivity index (χ1n) is 4.36. The summed E-state index contributed by atoms with van der Waals surface area (Å²) >= 11 is 5.58. The van der Waals surface area contributed by atoms with E-state index in [9.17, 15) is 9.90 Å². The van der Waals surface area contributed by atoms with Gasteiger partial charge in [0.2, 0.25) is 5.91 Å². The zero-order valence-electron chi connectivity index (χ0n) is 8.45. The number of phenolic OH excluding ortho intramolecular Hbond substituents is 1. The van der Waals surface area contributed by atoms with Gasteiger partial charge in [0.25, 0.3) is 0 Å². The molecule has 1 rings (SSSR count). The minimum absolute atomic E-state index is 0.0301. The summed E-state index contributed by atoms with van der Waals surface area (Å²) in [6.07, 6.45) is 0. The predicted molar refractivity (Wildman–Crippen MR) is 58.6 cm³/mol. The van der Waals surface area contributed by atoms with Gasteiger partial charge < -0.3 is 15.2 Å². The Balaban J connectivity index is 2.80. The van der Waals surface area contributed by atoms with E-state index in [4.69, 9.17) is 16.3 Å². The highest BCUT2D eigenvalue weighted by Gasteiger charge is 2.10. The van der Waals surface area contributed by atoms with E-state index in [1.807, 2.05) is 0 Å². The lowest BCUT2D eigenvalue weighted by atomic mass is 10.2. The number of amides is 1. The Bertz CT molecular complexity index is 366. The SMILES string of the molecule is COc1ccc(NC(=O)C(C)Cl)cc1O. The average molecular weight is 230 g/mol. The molecule has 2 N–H and O–H groups in total. The molecule has 4 nitrogen and oxygen atoms in total. The number of benzene rings is 1. The van der Waals surface area contributed by atoms with E-state index in [1.165, 1.54) is 13.2 Å². The van der Waals surface area contributed by atoms with E-state index >= 15 is 0 Å². The molecule has 0 aliphatic heterocycles. The molecule has 1 atom stereocenters. The molecule has 1 amide bonds. The molecular formula is C10H12ClNO3. The fourth-order valence-corrected chi connectivity index (χ4v) is 1.06. The summed E-state index contributed by atoms with van der Waals surface area (Å²) < 4.78 is 4.86. The van der Waals surface area contributed by atoms with Crippen LogP contribution in [0.4, 0.5) is 5.69 Å². The van der Waals surface area contributed by atoms with Gasteiger partial charge in [-0.25, -0.2) is 0 Å². The standard InChI is InChI=1S/C10H12ClNO3/c1-6(11)10(14)12-7-3-4-9(15-2)8(13)5-7/h3-6,13H,1-2H3,(H,12,14). The van der Waals surface area contributed by atoms with Crippen LogP contribution in [0.3, 0.4) is 0 Å². The van der Waals surface area contributed by atoms with E-state index in [1.54, 1.807) is 19.1 Å². The van der Waals surface area contributed by atoms with Crippen molar-refractivity contribution in [3.63, 3.8) is 0 Å². The molecule has 1 aromatic rings. The summed E-state index contributed by atoms with van der Waals surface area (Å²) in [5.74, 6) is 0.00526. The number of aromatic hydroxyl groups is 1. The van der Waals surface area contributed by atoms with Crippen LogP contribution < -0.4 is 10.1 Å². The van der Waals surface area contributed by atoms with Crippen molar-refractivity contribution in [3.8, 4) is 11.5 Å². The summed E-state index contributed by atoms with van der Waals surface area (Å²) in [5.41, 5.74) is 0.478. The van der Waals surface area contributed by atoms with Gasteiger partial charge in [0, 0.05) is 11.8 Å². The van der Waals surface area contributed by atoms with E-state index in [2.05, 4.69) is 5.32 Å². The number of carbonyl (C=O) groups is 1. The van der Waals surface area contributed by atoms with Crippen LogP contribution in [0.2, 0.25) is 0 Å². The van der Waals surface area contributed by atoms with Gasteiger partial charge in [-0.1, -0.05) is 0 Å². The zero-order chi connectivity index (χ0) is 11.4. The minimum atomic E-state index is -0.616. The molecule has 0 heterocycles. The van der Waals surface area contributed by atoms with Crippen LogP contribution in [0.25, 0.3) is 0 Å². The fraction of sp³-hybridized carbons (Fsp3) is 0.300. The Hall–Kier alpha value is -1.42. The second-order valence-corrected chi connectivity index (χ2v) is 3.65. The number of ether oxygens (including phenoxy) is 1.